The van der Waals surface area contributed by atoms with Crippen LogP contribution in [0.4, 0.5) is 0 Å². The van der Waals surface area contributed by atoms with Crippen LogP contribution in [0.15, 0.2) is 30.5 Å². The van der Waals surface area contributed by atoms with Crippen LogP contribution in [-0.2, 0) is 6.54 Å². The second-order valence-corrected chi connectivity index (χ2v) is 6.48. The van der Waals surface area contributed by atoms with Crippen molar-refractivity contribution in [2.75, 3.05) is 13.1 Å². The Labute approximate surface area is 124 Å². The van der Waals surface area contributed by atoms with Crippen molar-refractivity contribution in [2.24, 2.45) is 0 Å². The molecule has 0 atom stereocenters. The van der Waals surface area contributed by atoms with Crippen LogP contribution < -0.4 is 5.43 Å². The van der Waals surface area contributed by atoms with Crippen LogP contribution in [0.1, 0.15) is 29.8 Å². The Morgan fingerprint density at radius 2 is 1.90 bits per heavy atom. The van der Waals surface area contributed by atoms with Crippen molar-refractivity contribution in [3.05, 3.63) is 41.0 Å². The molecule has 3 rings (SSSR count). The van der Waals surface area contributed by atoms with Crippen molar-refractivity contribution in [3.8, 4) is 10.4 Å². The summed E-state index contributed by atoms with van der Waals surface area (Å²) in [5.41, 5.74) is 6.05. The molecule has 1 aromatic carbocycles. The highest BCUT2D eigenvalue weighted by atomic mass is 32.1. The zero-order valence-electron chi connectivity index (χ0n) is 11.9. The third kappa shape index (κ3) is 3.45. The molecule has 1 saturated heterocycles. The number of piperidine rings is 1. The van der Waals surface area contributed by atoms with Crippen LogP contribution in [0.5, 0.6) is 0 Å². The number of nitrogens with one attached hydrogen (secondary N) is 1. The van der Waals surface area contributed by atoms with E-state index in [9.17, 15) is 0 Å². The minimum absolute atomic E-state index is 0.844. The van der Waals surface area contributed by atoms with E-state index in [1.807, 2.05) is 6.20 Å². The van der Waals surface area contributed by atoms with Crippen LogP contribution >= 0.6 is 11.3 Å². The van der Waals surface area contributed by atoms with E-state index in [1.54, 1.807) is 11.3 Å². The quantitative estimate of drug-likeness (QED) is 0.931. The van der Waals surface area contributed by atoms with E-state index in [2.05, 4.69) is 46.6 Å². The molecule has 1 aromatic heterocycles. The largest absolute Gasteiger partial charge is 0.248 e. The lowest BCUT2D eigenvalue weighted by molar-refractivity contribution is 0.151. The van der Waals surface area contributed by atoms with Crippen LogP contribution in [0.3, 0.4) is 0 Å². The van der Waals surface area contributed by atoms with Gasteiger partial charge >= 0.3 is 0 Å². The Bertz CT molecular complexity index is 541. The molecule has 106 valence electrons. The molecule has 3 nitrogen and oxygen atoms in total. The Balaban J connectivity index is 1.60. The molecule has 1 N–H and O–H groups in total. The number of benzene rings is 1. The first-order valence-corrected chi connectivity index (χ1v) is 8.13. The van der Waals surface area contributed by atoms with Gasteiger partial charge in [-0.15, -0.1) is 11.3 Å². The molecule has 1 aliphatic rings. The second kappa shape index (κ2) is 6.48. The maximum atomic E-state index is 4.53. The second-order valence-electron chi connectivity index (χ2n) is 5.37. The van der Waals surface area contributed by atoms with Gasteiger partial charge in [0.15, 0.2) is 0 Å². The van der Waals surface area contributed by atoms with E-state index >= 15 is 0 Å². The molecule has 0 aliphatic carbocycles. The zero-order valence-corrected chi connectivity index (χ0v) is 12.7. The minimum atomic E-state index is 0.844. The smallest absolute Gasteiger partial charge is 0.108 e. The van der Waals surface area contributed by atoms with Gasteiger partial charge in [-0.2, -0.15) is 0 Å². The zero-order chi connectivity index (χ0) is 13.8. The predicted octanol–water partition coefficient (Wildman–Crippen LogP) is 3.61. The number of rotatable bonds is 4. The lowest BCUT2D eigenvalue weighted by Gasteiger charge is -2.26. The van der Waals surface area contributed by atoms with Crippen molar-refractivity contribution in [1.29, 1.82) is 0 Å². The Morgan fingerprint density at radius 1 is 1.15 bits per heavy atom. The van der Waals surface area contributed by atoms with Gasteiger partial charge < -0.3 is 0 Å². The number of aryl methyl sites for hydroxylation is 1. The molecular formula is C16H21N3S. The molecular weight excluding hydrogens is 266 g/mol. The number of nitrogens with zero attached hydrogens (tertiary/aromatic N) is 2. The van der Waals surface area contributed by atoms with Crippen LogP contribution in [0.2, 0.25) is 0 Å². The number of hydrogen-bond acceptors (Lipinski definition) is 4. The average Bonchev–Trinajstić information content (AvgIpc) is 2.96. The van der Waals surface area contributed by atoms with Crippen molar-refractivity contribution < 1.29 is 0 Å². The monoisotopic (exact) mass is 287 g/mol. The lowest BCUT2D eigenvalue weighted by Crippen LogP contribution is -2.41. The van der Waals surface area contributed by atoms with Crippen LogP contribution in [-0.4, -0.2) is 23.1 Å². The maximum absolute atomic E-state index is 4.53. The van der Waals surface area contributed by atoms with Gasteiger partial charge in [0.05, 0.1) is 11.4 Å². The number of aromatic nitrogens is 1. The van der Waals surface area contributed by atoms with Gasteiger partial charge in [0, 0.05) is 19.3 Å². The van der Waals surface area contributed by atoms with E-state index in [4.69, 9.17) is 0 Å². The molecule has 0 spiro atoms. The number of hydrogen-bond donors (Lipinski definition) is 1. The Kier molecular flexibility index (Phi) is 4.45. The van der Waals surface area contributed by atoms with E-state index < -0.39 is 0 Å². The van der Waals surface area contributed by atoms with Crippen LogP contribution in [0.25, 0.3) is 10.4 Å². The SMILES string of the molecule is Cc1ccc(-c2cnc(CNN3CCCCC3)s2)cc1. The first-order valence-electron chi connectivity index (χ1n) is 7.31. The molecule has 1 fully saturated rings. The van der Waals surface area contributed by atoms with E-state index in [1.165, 1.54) is 35.3 Å². The molecule has 2 heterocycles. The molecule has 0 amide bonds. The van der Waals surface area contributed by atoms with Gasteiger partial charge in [0.25, 0.3) is 0 Å². The summed E-state index contributed by atoms with van der Waals surface area (Å²) in [4.78, 5) is 5.78. The fourth-order valence-corrected chi connectivity index (χ4v) is 3.33. The summed E-state index contributed by atoms with van der Waals surface area (Å²) >= 11 is 1.78. The Morgan fingerprint density at radius 3 is 2.65 bits per heavy atom. The first kappa shape index (κ1) is 13.7. The molecule has 1 aliphatic heterocycles. The van der Waals surface area contributed by atoms with E-state index in [0.29, 0.717) is 0 Å². The summed E-state index contributed by atoms with van der Waals surface area (Å²) in [7, 11) is 0. The maximum Gasteiger partial charge on any atom is 0.108 e. The predicted molar refractivity (Wildman–Crippen MR) is 84.6 cm³/mol. The minimum Gasteiger partial charge on any atom is -0.248 e. The van der Waals surface area contributed by atoms with Gasteiger partial charge in [-0.05, 0) is 25.3 Å². The van der Waals surface area contributed by atoms with Crippen molar-refractivity contribution in [2.45, 2.75) is 32.7 Å². The molecule has 0 bridgehead atoms. The lowest BCUT2D eigenvalue weighted by atomic mass is 10.1. The summed E-state index contributed by atoms with van der Waals surface area (Å²) in [6.07, 6.45) is 5.97. The normalized spacial score (nSPS) is 16.4. The molecule has 0 unspecified atom stereocenters. The molecule has 4 heteroatoms. The summed E-state index contributed by atoms with van der Waals surface area (Å²) in [5.74, 6) is 0. The van der Waals surface area contributed by atoms with Gasteiger partial charge in [-0.3, -0.25) is 0 Å². The van der Waals surface area contributed by atoms with Gasteiger partial charge in [0.1, 0.15) is 5.01 Å². The molecule has 20 heavy (non-hydrogen) atoms. The van der Waals surface area contributed by atoms with Crippen molar-refractivity contribution >= 4 is 11.3 Å². The fraction of sp³-hybridized carbons (Fsp3) is 0.438. The topological polar surface area (TPSA) is 28.2 Å². The number of hydrazine groups is 1. The summed E-state index contributed by atoms with van der Waals surface area (Å²) in [5, 5.41) is 3.49. The molecule has 0 radical (unpaired) electrons. The van der Waals surface area contributed by atoms with Crippen molar-refractivity contribution in [3.63, 3.8) is 0 Å². The first-order chi connectivity index (χ1) is 9.81. The highest BCUT2D eigenvalue weighted by Gasteiger charge is 2.10. The average molecular weight is 287 g/mol. The Hall–Kier alpha value is -1.23. The molecule has 0 saturated carbocycles. The summed E-state index contributed by atoms with van der Waals surface area (Å²) in [6, 6.07) is 8.65. The van der Waals surface area contributed by atoms with E-state index in [-0.39, 0.29) is 0 Å². The summed E-state index contributed by atoms with van der Waals surface area (Å²) < 4.78 is 0. The van der Waals surface area contributed by atoms with Crippen LogP contribution in [0, 0.1) is 6.92 Å². The van der Waals surface area contributed by atoms with Crippen molar-refractivity contribution in [1.82, 2.24) is 15.4 Å². The highest BCUT2D eigenvalue weighted by Crippen LogP contribution is 2.26. The highest BCUT2D eigenvalue weighted by molar-refractivity contribution is 7.15. The number of thiazole rings is 1. The van der Waals surface area contributed by atoms with Gasteiger partial charge in [-0.25, -0.2) is 15.4 Å². The third-order valence-corrected chi connectivity index (χ3v) is 4.75. The molecule has 2 aromatic rings. The van der Waals surface area contributed by atoms with Gasteiger partial charge in [0.2, 0.25) is 0 Å². The van der Waals surface area contributed by atoms with Gasteiger partial charge in [-0.1, -0.05) is 36.2 Å². The standard InChI is InChI=1S/C16H21N3S/c1-13-5-7-14(8-6-13)15-11-17-16(20-15)12-18-19-9-3-2-4-10-19/h5-8,11,18H,2-4,9-10,12H2,1H3. The summed E-state index contributed by atoms with van der Waals surface area (Å²) in [6.45, 7) is 5.29. The van der Waals surface area contributed by atoms with E-state index in [0.717, 1.165) is 24.6 Å². The fourth-order valence-electron chi connectivity index (χ4n) is 2.47. The third-order valence-electron chi connectivity index (χ3n) is 3.70.